The first-order chi connectivity index (χ1) is 10.2. The summed E-state index contributed by atoms with van der Waals surface area (Å²) >= 11 is 0. The van der Waals surface area contributed by atoms with Crippen LogP contribution in [0.3, 0.4) is 0 Å². The molecular weight excluding hydrogens is 268 g/mol. The van der Waals surface area contributed by atoms with Crippen LogP contribution in [0.25, 0.3) is 0 Å². The molecule has 1 aromatic rings. The first-order valence-electron chi connectivity index (χ1n) is 7.47. The molecule has 21 heavy (non-hydrogen) atoms. The van der Waals surface area contributed by atoms with Gasteiger partial charge in [0.2, 0.25) is 0 Å². The lowest BCUT2D eigenvalue weighted by atomic mass is 9.99. The van der Waals surface area contributed by atoms with Crippen molar-refractivity contribution in [2.45, 2.75) is 31.8 Å². The van der Waals surface area contributed by atoms with Gasteiger partial charge in [0.15, 0.2) is 0 Å². The van der Waals surface area contributed by atoms with E-state index in [-0.39, 0.29) is 11.9 Å². The number of hydrogen-bond acceptors (Lipinski definition) is 4. The maximum absolute atomic E-state index is 12.2. The molecule has 0 saturated carbocycles. The van der Waals surface area contributed by atoms with Crippen LogP contribution in [0.2, 0.25) is 0 Å². The fourth-order valence-electron chi connectivity index (χ4n) is 2.44. The Morgan fingerprint density at radius 1 is 1.33 bits per heavy atom. The maximum Gasteiger partial charge on any atom is 0.251 e. The van der Waals surface area contributed by atoms with Crippen molar-refractivity contribution < 1.29 is 14.3 Å². The summed E-state index contributed by atoms with van der Waals surface area (Å²) < 4.78 is 10.4. The number of nitrogens with one attached hydrogen (secondary N) is 2. The number of amides is 1. The zero-order valence-electron chi connectivity index (χ0n) is 12.7. The van der Waals surface area contributed by atoms with Crippen LogP contribution < -0.4 is 15.4 Å². The average Bonchev–Trinajstić information content (AvgIpc) is 2.50. The summed E-state index contributed by atoms with van der Waals surface area (Å²) in [5.74, 6) is 0.718. The Labute approximate surface area is 126 Å². The molecule has 5 nitrogen and oxygen atoms in total. The fraction of sp³-hybridized carbons (Fsp3) is 0.562. The van der Waals surface area contributed by atoms with Gasteiger partial charge < -0.3 is 20.1 Å². The molecule has 5 heteroatoms. The molecule has 0 aliphatic carbocycles. The first-order valence-corrected chi connectivity index (χ1v) is 7.47. The van der Waals surface area contributed by atoms with E-state index < -0.39 is 0 Å². The van der Waals surface area contributed by atoms with E-state index in [0.29, 0.717) is 24.8 Å². The molecule has 1 heterocycles. The molecule has 1 aliphatic rings. The van der Waals surface area contributed by atoms with Crippen molar-refractivity contribution in [3.63, 3.8) is 0 Å². The number of piperidine rings is 1. The zero-order valence-corrected chi connectivity index (χ0v) is 12.7. The molecule has 1 amide bonds. The van der Waals surface area contributed by atoms with Crippen LogP contribution in [0.1, 0.15) is 30.1 Å². The van der Waals surface area contributed by atoms with Crippen LogP contribution in [0, 0.1) is 0 Å². The van der Waals surface area contributed by atoms with Gasteiger partial charge >= 0.3 is 0 Å². The smallest absolute Gasteiger partial charge is 0.251 e. The van der Waals surface area contributed by atoms with Crippen molar-refractivity contribution in [1.29, 1.82) is 0 Å². The Hall–Kier alpha value is -1.59. The lowest BCUT2D eigenvalue weighted by molar-refractivity contribution is 0.0919. The molecule has 1 fully saturated rings. The van der Waals surface area contributed by atoms with Crippen molar-refractivity contribution >= 4 is 5.91 Å². The highest BCUT2D eigenvalue weighted by molar-refractivity contribution is 5.94. The third-order valence-electron chi connectivity index (χ3n) is 3.75. The molecule has 2 N–H and O–H groups in total. The summed E-state index contributed by atoms with van der Waals surface area (Å²) in [6.07, 6.45) is 2.12. The van der Waals surface area contributed by atoms with Gasteiger partial charge in [0.05, 0.1) is 6.61 Å². The number of ether oxygens (including phenoxy) is 2. The molecular formula is C16H24N2O3. The summed E-state index contributed by atoms with van der Waals surface area (Å²) in [5.41, 5.74) is 0.659. The summed E-state index contributed by atoms with van der Waals surface area (Å²) in [5, 5.41) is 6.47. The molecule has 116 valence electrons. The number of hydrogen-bond donors (Lipinski definition) is 2. The molecule has 1 aromatic carbocycles. The Morgan fingerprint density at radius 2 is 2.10 bits per heavy atom. The summed E-state index contributed by atoms with van der Waals surface area (Å²) in [7, 11) is 1.64. The lowest BCUT2D eigenvalue weighted by Crippen LogP contribution is -2.51. The maximum atomic E-state index is 12.2. The van der Waals surface area contributed by atoms with Crippen molar-refractivity contribution in [2.24, 2.45) is 0 Å². The molecule has 2 atom stereocenters. The van der Waals surface area contributed by atoms with Crippen LogP contribution in [0.15, 0.2) is 24.3 Å². The normalized spacial score (nSPS) is 21.8. The van der Waals surface area contributed by atoms with Gasteiger partial charge in [-0.05, 0) is 50.6 Å². The molecule has 2 unspecified atom stereocenters. The predicted molar refractivity (Wildman–Crippen MR) is 81.8 cm³/mol. The average molecular weight is 292 g/mol. The second-order valence-electron chi connectivity index (χ2n) is 5.33. The Bertz CT molecular complexity index is 447. The van der Waals surface area contributed by atoms with Gasteiger partial charge in [0.1, 0.15) is 12.4 Å². The van der Waals surface area contributed by atoms with Crippen molar-refractivity contribution in [3.8, 4) is 5.75 Å². The largest absolute Gasteiger partial charge is 0.491 e. The molecule has 0 spiro atoms. The summed E-state index contributed by atoms with van der Waals surface area (Å²) in [6, 6.07) is 7.72. The second-order valence-corrected chi connectivity index (χ2v) is 5.33. The van der Waals surface area contributed by atoms with E-state index in [1.54, 1.807) is 19.2 Å². The van der Waals surface area contributed by atoms with Crippen molar-refractivity contribution in [3.05, 3.63) is 29.8 Å². The van der Waals surface area contributed by atoms with Gasteiger partial charge in [-0.15, -0.1) is 0 Å². The highest BCUT2D eigenvalue weighted by Crippen LogP contribution is 2.14. The Kier molecular flexibility index (Phi) is 6.02. The van der Waals surface area contributed by atoms with E-state index in [1.807, 2.05) is 12.1 Å². The zero-order chi connectivity index (χ0) is 15.1. The number of methoxy groups -OCH3 is 1. The van der Waals surface area contributed by atoms with Gasteiger partial charge in [0, 0.05) is 24.8 Å². The highest BCUT2D eigenvalue weighted by Gasteiger charge is 2.22. The van der Waals surface area contributed by atoms with E-state index in [2.05, 4.69) is 17.6 Å². The number of benzene rings is 1. The number of carbonyl (C=O) groups is 1. The minimum Gasteiger partial charge on any atom is -0.491 e. The van der Waals surface area contributed by atoms with Crippen LogP contribution in [0.4, 0.5) is 0 Å². The topological polar surface area (TPSA) is 59.6 Å². The van der Waals surface area contributed by atoms with Gasteiger partial charge in [-0.1, -0.05) is 0 Å². The first kappa shape index (κ1) is 15.8. The van der Waals surface area contributed by atoms with Gasteiger partial charge in [0.25, 0.3) is 5.91 Å². The highest BCUT2D eigenvalue weighted by atomic mass is 16.5. The molecule has 0 radical (unpaired) electrons. The molecule has 0 aromatic heterocycles. The number of rotatable bonds is 6. The SMILES string of the molecule is COCCOc1ccc(C(=O)NC2CCCNC2C)cc1. The van der Waals surface area contributed by atoms with Crippen molar-refractivity contribution in [1.82, 2.24) is 10.6 Å². The molecule has 0 bridgehead atoms. The van der Waals surface area contributed by atoms with Crippen molar-refractivity contribution in [2.75, 3.05) is 26.9 Å². The standard InChI is InChI=1S/C16H24N2O3/c1-12-15(4-3-9-17-12)18-16(19)13-5-7-14(8-6-13)21-11-10-20-2/h5-8,12,15,17H,3-4,9-11H2,1-2H3,(H,18,19). The third-order valence-corrected chi connectivity index (χ3v) is 3.75. The van der Waals surface area contributed by atoms with E-state index in [0.717, 1.165) is 25.1 Å². The van der Waals surface area contributed by atoms with Gasteiger partial charge in [-0.25, -0.2) is 0 Å². The van der Waals surface area contributed by atoms with E-state index in [1.165, 1.54) is 0 Å². The third kappa shape index (κ3) is 4.72. The Morgan fingerprint density at radius 3 is 2.76 bits per heavy atom. The van der Waals surface area contributed by atoms with Crippen LogP contribution in [-0.2, 0) is 4.74 Å². The van der Waals surface area contributed by atoms with E-state index in [4.69, 9.17) is 9.47 Å². The molecule has 2 rings (SSSR count). The quantitative estimate of drug-likeness (QED) is 0.782. The minimum atomic E-state index is -0.0287. The van der Waals surface area contributed by atoms with E-state index >= 15 is 0 Å². The predicted octanol–water partition coefficient (Wildman–Crippen LogP) is 1.58. The van der Waals surface area contributed by atoms with Gasteiger partial charge in [-0.3, -0.25) is 4.79 Å². The summed E-state index contributed by atoms with van der Waals surface area (Å²) in [4.78, 5) is 12.2. The van der Waals surface area contributed by atoms with Crippen LogP contribution in [-0.4, -0.2) is 44.9 Å². The van der Waals surface area contributed by atoms with Crippen LogP contribution in [0.5, 0.6) is 5.75 Å². The monoisotopic (exact) mass is 292 g/mol. The second kappa shape index (κ2) is 8.00. The van der Waals surface area contributed by atoms with Gasteiger partial charge in [-0.2, -0.15) is 0 Å². The Balaban J connectivity index is 1.87. The molecule has 1 saturated heterocycles. The van der Waals surface area contributed by atoms with Crippen LogP contribution >= 0.6 is 0 Å². The molecule has 1 aliphatic heterocycles. The number of carbonyl (C=O) groups excluding carboxylic acids is 1. The fourth-order valence-corrected chi connectivity index (χ4v) is 2.44. The minimum absolute atomic E-state index is 0.0287. The summed E-state index contributed by atoms with van der Waals surface area (Å²) in [6.45, 7) is 4.19. The lowest BCUT2D eigenvalue weighted by Gasteiger charge is -2.30. The van der Waals surface area contributed by atoms with E-state index in [9.17, 15) is 4.79 Å².